The monoisotopic (exact) mass is 659 g/mol. The van der Waals surface area contributed by atoms with Crippen molar-refractivity contribution in [3.05, 3.63) is 23.3 Å². The Labute approximate surface area is 271 Å². The molecule has 0 aromatic heterocycles. The Kier molecular flexibility index (Phi) is 7.93. The van der Waals surface area contributed by atoms with Crippen LogP contribution in [0.1, 0.15) is 64.0 Å². The van der Waals surface area contributed by atoms with Gasteiger partial charge >= 0.3 is 23.9 Å². The second-order valence-electron chi connectivity index (χ2n) is 13.7. The molecule has 2 saturated carbocycles. The Hall–Kier alpha value is -3.46. The molecule has 2 bridgehead atoms. The number of benzene rings is 1. The largest absolute Gasteiger partial charge is 0.482 e. The topological polar surface area (TPSA) is 177 Å². The first kappa shape index (κ1) is 32.1. The van der Waals surface area contributed by atoms with Crippen molar-refractivity contribution in [1.82, 2.24) is 4.90 Å². The maximum Gasteiger partial charge on any atom is 0.339 e. The quantitative estimate of drug-likeness (QED) is 0.294. The molecule has 6 aliphatic rings. The molecule has 0 radical (unpaired) electrons. The van der Waals surface area contributed by atoms with Gasteiger partial charge in [0, 0.05) is 38.9 Å². The molecule has 3 aliphatic heterocycles. The minimum absolute atomic E-state index is 0.126. The van der Waals surface area contributed by atoms with E-state index in [9.17, 15) is 29.4 Å². The SMILES string of the molecule is COC(=O)[C@H]1O[C@@H](Oc2ccc3c4c2O[C@H]2[C@H](O)CC[C@@]5(O)[C@@H](C3)N(CC3CC3)CC[C@]425)[C@H](OC(C)=O)[C@@H](OC(C)=O)[C@@H]1OC(C)=O. The van der Waals surface area contributed by atoms with Crippen LogP contribution in [-0.2, 0) is 54.7 Å². The molecule has 10 atom stereocenters. The number of likely N-dealkylation sites (tertiary alicyclic amines) is 1. The van der Waals surface area contributed by atoms with Crippen LogP contribution in [0, 0.1) is 5.92 Å². The third-order valence-electron chi connectivity index (χ3n) is 10.8. The predicted molar refractivity (Wildman–Crippen MR) is 157 cm³/mol. The van der Waals surface area contributed by atoms with Crippen LogP contribution in [0.3, 0.4) is 0 Å². The summed E-state index contributed by atoms with van der Waals surface area (Å²) in [7, 11) is 1.11. The van der Waals surface area contributed by atoms with Crippen LogP contribution in [0.4, 0.5) is 0 Å². The van der Waals surface area contributed by atoms with E-state index in [4.69, 9.17) is 33.2 Å². The van der Waals surface area contributed by atoms with Crippen LogP contribution in [0.15, 0.2) is 12.1 Å². The van der Waals surface area contributed by atoms with Crippen molar-refractivity contribution >= 4 is 23.9 Å². The summed E-state index contributed by atoms with van der Waals surface area (Å²) in [6, 6.07) is 3.46. The smallest absolute Gasteiger partial charge is 0.339 e. The molecule has 1 aromatic rings. The Morgan fingerprint density at radius 3 is 2.30 bits per heavy atom. The van der Waals surface area contributed by atoms with Crippen molar-refractivity contribution in [2.75, 3.05) is 20.2 Å². The standard InChI is InChI=1S/C33H41NO13/c1-15(35)42-25-26(43-16(2)36)28(44-17(3)37)31(47-27(25)30(39)41-4)45-21-8-7-19-13-22-33(40)10-9-20(38)29-32(33,23(19)24(21)46-29)11-12-34(22)14-18-5-6-18/h7-8,18,20,22,25-29,31,38,40H,5-6,9-14H2,1-4H3/t20-,22-,25+,26+,27+,28-,29+,31-,32+,33-/m1/s1. The van der Waals surface area contributed by atoms with Gasteiger partial charge in [0.05, 0.1) is 24.2 Å². The van der Waals surface area contributed by atoms with Crippen molar-refractivity contribution in [1.29, 1.82) is 0 Å². The number of hydrogen-bond acceptors (Lipinski definition) is 14. The van der Waals surface area contributed by atoms with Crippen molar-refractivity contribution < 1.29 is 62.5 Å². The molecule has 1 spiro atoms. The molecule has 2 saturated heterocycles. The summed E-state index contributed by atoms with van der Waals surface area (Å²) in [5.74, 6) is -2.21. The molecule has 256 valence electrons. The van der Waals surface area contributed by atoms with Crippen LogP contribution < -0.4 is 9.47 Å². The van der Waals surface area contributed by atoms with Gasteiger partial charge in [0.25, 0.3) is 0 Å². The number of aliphatic hydroxyl groups is 2. The third-order valence-corrected chi connectivity index (χ3v) is 10.8. The zero-order chi connectivity index (χ0) is 33.4. The lowest BCUT2D eigenvalue weighted by Crippen LogP contribution is -2.77. The molecule has 1 aromatic carbocycles. The van der Waals surface area contributed by atoms with E-state index in [0.29, 0.717) is 37.4 Å². The average Bonchev–Trinajstić information content (AvgIpc) is 3.75. The van der Waals surface area contributed by atoms with E-state index in [1.165, 1.54) is 12.8 Å². The summed E-state index contributed by atoms with van der Waals surface area (Å²) in [5.41, 5.74) is -0.256. The molecule has 7 rings (SSSR count). The van der Waals surface area contributed by atoms with E-state index in [-0.39, 0.29) is 11.8 Å². The van der Waals surface area contributed by atoms with Gasteiger partial charge < -0.3 is 43.4 Å². The van der Waals surface area contributed by atoms with Gasteiger partial charge in [-0.25, -0.2) is 4.79 Å². The molecular weight excluding hydrogens is 618 g/mol. The molecule has 14 heteroatoms. The van der Waals surface area contributed by atoms with Gasteiger partial charge in [0.2, 0.25) is 12.4 Å². The third kappa shape index (κ3) is 5.06. The average molecular weight is 660 g/mol. The van der Waals surface area contributed by atoms with E-state index < -0.39 is 77.8 Å². The number of rotatable bonds is 8. The minimum atomic E-state index is -1.62. The zero-order valence-corrected chi connectivity index (χ0v) is 26.8. The molecule has 0 amide bonds. The number of methoxy groups -OCH3 is 1. The van der Waals surface area contributed by atoms with E-state index in [1.54, 1.807) is 6.07 Å². The second-order valence-corrected chi connectivity index (χ2v) is 13.7. The maximum absolute atomic E-state index is 12.9. The molecule has 47 heavy (non-hydrogen) atoms. The number of piperidine rings is 1. The fourth-order valence-electron chi connectivity index (χ4n) is 8.84. The van der Waals surface area contributed by atoms with Gasteiger partial charge in [0.1, 0.15) is 6.10 Å². The number of carbonyl (C=O) groups is 4. The first-order chi connectivity index (χ1) is 22.4. The summed E-state index contributed by atoms with van der Waals surface area (Å²) in [4.78, 5) is 52.0. The van der Waals surface area contributed by atoms with Crippen molar-refractivity contribution in [3.63, 3.8) is 0 Å². The molecule has 14 nitrogen and oxygen atoms in total. The Balaban J connectivity index is 1.29. The van der Waals surface area contributed by atoms with E-state index in [1.807, 2.05) is 6.07 Å². The first-order valence-corrected chi connectivity index (χ1v) is 16.3. The fraction of sp³-hybridized carbons (Fsp3) is 0.697. The minimum Gasteiger partial charge on any atom is -0.482 e. The summed E-state index contributed by atoms with van der Waals surface area (Å²) in [5, 5.41) is 23.9. The van der Waals surface area contributed by atoms with E-state index in [2.05, 4.69) is 4.90 Å². The summed E-state index contributed by atoms with van der Waals surface area (Å²) in [6.45, 7) is 5.04. The highest BCUT2D eigenvalue weighted by Gasteiger charge is 2.73. The Morgan fingerprint density at radius 2 is 1.64 bits per heavy atom. The van der Waals surface area contributed by atoms with Gasteiger partial charge in [-0.05, 0) is 62.6 Å². The number of esters is 4. The van der Waals surface area contributed by atoms with Crippen LogP contribution in [0.2, 0.25) is 0 Å². The second kappa shape index (κ2) is 11.6. The number of aliphatic hydroxyl groups excluding tert-OH is 1. The van der Waals surface area contributed by atoms with Crippen LogP contribution in [0.25, 0.3) is 0 Å². The number of nitrogens with zero attached hydrogens (tertiary/aromatic N) is 1. The van der Waals surface area contributed by atoms with Crippen LogP contribution in [-0.4, -0.2) is 114 Å². The summed E-state index contributed by atoms with van der Waals surface area (Å²) in [6.07, 6.45) is -4.93. The zero-order valence-electron chi connectivity index (χ0n) is 26.8. The Morgan fingerprint density at radius 1 is 0.957 bits per heavy atom. The summed E-state index contributed by atoms with van der Waals surface area (Å²) >= 11 is 0. The fourth-order valence-corrected chi connectivity index (χ4v) is 8.84. The molecule has 0 unspecified atom stereocenters. The molecule has 3 heterocycles. The highest BCUT2D eigenvalue weighted by molar-refractivity contribution is 5.77. The normalized spacial score (nSPS) is 38.3. The predicted octanol–water partition coefficient (Wildman–Crippen LogP) is 0.683. The van der Waals surface area contributed by atoms with E-state index in [0.717, 1.165) is 52.1 Å². The molecular formula is C33H41NO13. The van der Waals surface area contributed by atoms with Gasteiger partial charge in [-0.15, -0.1) is 0 Å². The van der Waals surface area contributed by atoms with Crippen molar-refractivity contribution in [3.8, 4) is 11.5 Å². The summed E-state index contributed by atoms with van der Waals surface area (Å²) < 4.78 is 40.2. The lowest BCUT2D eigenvalue weighted by molar-refractivity contribution is -0.282. The lowest BCUT2D eigenvalue weighted by atomic mass is 9.48. The van der Waals surface area contributed by atoms with Gasteiger partial charge in [-0.3, -0.25) is 19.3 Å². The number of ether oxygens (including phenoxy) is 7. The van der Waals surface area contributed by atoms with Gasteiger partial charge in [0.15, 0.2) is 29.8 Å². The molecule has 3 aliphatic carbocycles. The lowest BCUT2D eigenvalue weighted by Gasteiger charge is -2.63. The van der Waals surface area contributed by atoms with Crippen molar-refractivity contribution in [2.24, 2.45) is 5.92 Å². The van der Waals surface area contributed by atoms with Crippen LogP contribution in [0.5, 0.6) is 11.5 Å². The molecule has 2 N–H and O–H groups in total. The van der Waals surface area contributed by atoms with Crippen molar-refractivity contribution in [2.45, 2.75) is 119 Å². The van der Waals surface area contributed by atoms with Crippen LogP contribution >= 0.6 is 0 Å². The maximum atomic E-state index is 12.9. The number of carbonyl (C=O) groups excluding carboxylic acids is 4. The van der Waals surface area contributed by atoms with Gasteiger partial charge in [-0.1, -0.05) is 6.07 Å². The Bertz CT molecular complexity index is 1480. The van der Waals surface area contributed by atoms with E-state index >= 15 is 0 Å². The number of hydrogen-bond donors (Lipinski definition) is 2. The highest BCUT2D eigenvalue weighted by atomic mass is 16.7. The highest BCUT2D eigenvalue weighted by Crippen LogP contribution is 2.65. The first-order valence-electron chi connectivity index (χ1n) is 16.3. The van der Waals surface area contributed by atoms with Gasteiger partial charge in [-0.2, -0.15) is 0 Å². The molecule has 4 fully saturated rings.